The lowest BCUT2D eigenvalue weighted by Crippen LogP contribution is -2.07. The lowest BCUT2D eigenvalue weighted by molar-refractivity contribution is 0.687. The van der Waals surface area contributed by atoms with E-state index in [0.717, 1.165) is 23.6 Å². The zero-order valence-electron chi connectivity index (χ0n) is 11.1. The van der Waals surface area contributed by atoms with E-state index in [0.29, 0.717) is 5.95 Å². The summed E-state index contributed by atoms with van der Waals surface area (Å²) >= 11 is 0. The number of nitrogens with one attached hydrogen (secondary N) is 1. The average Bonchev–Trinajstić information content (AvgIpc) is 2.38. The predicted octanol–water partition coefficient (Wildman–Crippen LogP) is 2.99. The summed E-state index contributed by atoms with van der Waals surface area (Å²) in [6, 6.07) is 8.35. The predicted molar refractivity (Wildman–Crippen MR) is 77.5 cm³/mol. The lowest BCUT2D eigenvalue weighted by Gasteiger charge is -2.20. The molecule has 3 N–H and O–H groups in total. The van der Waals surface area contributed by atoms with Crippen molar-refractivity contribution < 1.29 is 0 Å². The van der Waals surface area contributed by atoms with Gasteiger partial charge in [-0.15, -0.1) is 0 Å². The van der Waals surface area contributed by atoms with Crippen molar-refractivity contribution in [1.82, 2.24) is 9.97 Å². The summed E-state index contributed by atoms with van der Waals surface area (Å²) in [6.45, 7) is 1.92. The zero-order chi connectivity index (χ0) is 13.2. The van der Waals surface area contributed by atoms with Crippen LogP contribution in [0.25, 0.3) is 0 Å². The van der Waals surface area contributed by atoms with E-state index >= 15 is 0 Å². The first-order valence-corrected chi connectivity index (χ1v) is 6.71. The second kappa shape index (κ2) is 4.88. The number of nitrogens with zero attached hydrogens (tertiary/aromatic N) is 2. The van der Waals surface area contributed by atoms with E-state index in [9.17, 15) is 0 Å². The molecule has 3 rings (SSSR count). The van der Waals surface area contributed by atoms with Gasteiger partial charge in [-0.05, 0) is 49.8 Å². The molecule has 0 atom stereocenters. The van der Waals surface area contributed by atoms with Crippen LogP contribution in [0.3, 0.4) is 0 Å². The summed E-state index contributed by atoms with van der Waals surface area (Å²) in [5.41, 5.74) is 10.6. The molecule has 1 heterocycles. The van der Waals surface area contributed by atoms with Gasteiger partial charge in [0.25, 0.3) is 0 Å². The van der Waals surface area contributed by atoms with Gasteiger partial charge in [0.1, 0.15) is 5.82 Å². The average molecular weight is 254 g/mol. The first kappa shape index (κ1) is 12.0. The SMILES string of the molecule is Cc1cc(Nc2cccc3c2CCCC3)nc(N)n1. The number of aromatic nitrogens is 2. The number of nitrogen functional groups attached to an aromatic ring is 1. The molecular weight excluding hydrogens is 236 g/mol. The van der Waals surface area contributed by atoms with Gasteiger partial charge in [0, 0.05) is 17.4 Å². The van der Waals surface area contributed by atoms with Crippen LogP contribution in [0.4, 0.5) is 17.5 Å². The largest absolute Gasteiger partial charge is 0.368 e. The van der Waals surface area contributed by atoms with Crippen molar-refractivity contribution in [2.24, 2.45) is 0 Å². The second-order valence-corrected chi connectivity index (χ2v) is 5.03. The normalized spacial score (nSPS) is 13.9. The molecule has 0 bridgehead atoms. The first-order chi connectivity index (χ1) is 9.22. The fraction of sp³-hybridized carbons (Fsp3) is 0.333. The molecule has 1 aliphatic rings. The summed E-state index contributed by atoms with van der Waals surface area (Å²) in [4.78, 5) is 8.32. The van der Waals surface area contributed by atoms with E-state index in [1.807, 2.05) is 13.0 Å². The molecule has 0 saturated heterocycles. The number of hydrogen-bond donors (Lipinski definition) is 2. The number of benzene rings is 1. The molecule has 0 radical (unpaired) electrons. The highest BCUT2D eigenvalue weighted by Gasteiger charge is 2.13. The van der Waals surface area contributed by atoms with Crippen LogP contribution in [0.1, 0.15) is 29.7 Å². The minimum atomic E-state index is 0.312. The molecule has 0 unspecified atom stereocenters. The number of hydrogen-bond acceptors (Lipinski definition) is 4. The van der Waals surface area contributed by atoms with Crippen molar-refractivity contribution in [2.75, 3.05) is 11.1 Å². The van der Waals surface area contributed by atoms with Crippen molar-refractivity contribution in [2.45, 2.75) is 32.6 Å². The minimum absolute atomic E-state index is 0.312. The van der Waals surface area contributed by atoms with Gasteiger partial charge in [-0.1, -0.05) is 12.1 Å². The van der Waals surface area contributed by atoms with Crippen molar-refractivity contribution in [3.8, 4) is 0 Å². The van der Waals surface area contributed by atoms with Gasteiger partial charge in [-0.25, -0.2) is 4.98 Å². The van der Waals surface area contributed by atoms with Crippen molar-refractivity contribution in [3.63, 3.8) is 0 Å². The van der Waals surface area contributed by atoms with E-state index in [2.05, 4.69) is 33.5 Å². The highest BCUT2D eigenvalue weighted by molar-refractivity contribution is 5.63. The quantitative estimate of drug-likeness (QED) is 0.864. The van der Waals surface area contributed by atoms with Crippen LogP contribution in [-0.4, -0.2) is 9.97 Å². The summed E-state index contributed by atoms with van der Waals surface area (Å²) < 4.78 is 0. The summed E-state index contributed by atoms with van der Waals surface area (Å²) in [7, 11) is 0. The van der Waals surface area contributed by atoms with E-state index in [1.165, 1.54) is 30.4 Å². The first-order valence-electron chi connectivity index (χ1n) is 6.71. The third-order valence-electron chi connectivity index (χ3n) is 3.53. The van der Waals surface area contributed by atoms with E-state index in [-0.39, 0.29) is 0 Å². The Bertz CT molecular complexity index is 587. The van der Waals surface area contributed by atoms with Gasteiger partial charge in [0.15, 0.2) is 0 Å². The number of nitrogens with two attached hydrogens (primary N) is 1. The number of anilines is 3. The standard InChI is InChI=1S/C15H18N4/c1-10-9-14(19-15(16)17-10)18-13-8-4-6-11-5-2-3-7-12(11)13/h4,6,8-9H,2-3,5,7H2,1H3,(H3,16,17,18,19). The molecule has 1 aromatic carbocycles. The number of rotatable bonds is 2. The fourth-order valence-corrected chi connectivity index (χ4v) is 2.69. The Kier molecular flexibility index (Phi) is 3.07. The summed E-state index contributed by atoms with van der Waals surface area (Å²) in [5.74, 6) is 1.08. The van der Waals surface area contributed by atoms with Gasteiger partial charge in [0.05, 0.1) is 0 Å². The fourth-order valence-electron chi connectivity index (χ4n) is 2.69. The smallest absolute Gasteiger partial charge is 0.222 e. The van der Waals surface area contributed by atoms with Gasteiger partial charge in [-0.2, -0.15) is 4.98 Å². The Morgan fingerprint density at radius 2 is 2.00 bits per heavy atom. The van der Waals surface area contributed by atoms with E-state index in [4.69, 9.17) is 5.73 Å². The molecule has 1 aromatic heterocycles. The number of fused-ring (bicyclic) bond motifs is 1. The molecular formula is C15H18N4. The van der Waals surface area contributed by atoms with E-state index in [1.54, 1.807) is 0 Å². The second-order valence-electron chi connectivity index (χ2n) is 5.03. The van der Waals surface area contributed by atoms with Crippen LogP contribution in [0.5, 0.6) is 0 Å². The molecule has 0 aliphatic heterocycles. The highest BCUT2D eigenvalue weighted by atomic mass is 15.1. The van der Waals surface area contributed by atoms with Gasteiger partial charge in [-0.3, -0.25) is 0 Å². The van der Waals surface area contributed by atoms with E-state index < -0.39 is 0 Å². The molecule has 19 heavy (non-hydrogen) atoms. The van der Waals surface area contributed by atoms with Crippen LogP contribution in [0.15, 0.2) is 24.3 Å². The highest BCUT2D eigenvalue weighted by Crippen LogP contribution is 2.29. The van der Waals surface area contributed by atoms with Crippen molar-refractivity contribution in [3.05, 3.63) is 41.1 Å². The summed E-state index contributed by atoms with van der Waals surface area (Å²) in [5, 5.41) is 3.38. The Labute approximate surface area is 113 Å². The molecule has 98 valence electrons. The molecule has 0 saturated carbocycles. The molecule has 0 amide bonds. The van der Waals surface area contributed by atoms with Crippen LogP contribution in [0, 0.1) is 6.92 Å². The molecule has 4 nitrogen and oxygen atoms in total. The monoisotopic (exact) mass is 254 g/mol. The maximum atomic E-state index is 5.69. The van der Waals surface area contributed by atoms with Gasteiger partial charge < -0.3 is 11.1 Å². The molecule has 2 aromatic rings. The molecule has 0 fully saturated rings. The Hall–Kier alpha value is -2.10. The van der Waals surface area contributed by atoms with Crippen LogP contribution in [0.2, 0.25) is 0 Å². The molecule has 4 heteroatoms. The third kappa shape index (κ3) is 2.52. The Morgan fingerprint density at radius 3 is 2.84 bits per heavy atom. The minimum Gasteiger partial charge on any atom is -0.368 e. The Morgan fingerprint density at radius 1 is 1.16 bits per heavy atom. The maximum absolute atomic E-state index is 5.69. The lowest BCUT2D eigenvalue weighted by atomic mass is 9.90. The molecule has 1 aliphatic carbocycles. The van der Waals surface area contributed by atoms with Gasteiger partial charge in [0.2, 0.25) is 5.95 Å². The van der Waals surface area contributed by atoms with Crippen LogP contribution < -0.4 is 11.1 Å². The Balaban J connectivity index is 1.95. The number of aryl methyl sites for hydroxylation is 2. The van der Waals surface area contributed by atoms with Crippen molar-refractivity contribution in [1.29, 1.82) is 0 Å². The van der Waals surface area contributed by atoms with Crippen LogP contribution >= 0.6 is 0 Å². The zero-order valence-corrected chi connectivity index (χ0v) is 11.1. The van der Waals surface area contributed by atoms with Gasteiger partial charge >= 0.3 is 0 Å². The third-order valence-corrected chi connectivity index (χ3v) is 3.53. The van der Waals surface area contributed by atoms with Crippen LogP contribution in [-0.2, 0) is 12.8 Å². The summed E-state index contributed by atoms with van der Waals surface area (Å²) in [6.07, 6.45) is 4.86. The van der Waals surface area contributed by atoms with Crippen molar-refractivity contribution >= 4 is 17.5 Å². The molecule has 0 spiro atoms. The maximum Gasteiger partial charge on any atom is 0.222 e. The topological polar surface area (TPSA) is 63.8 Å².